The van der Waals surface area contributed by atoms with Crippen LogP contribution in [0, 0.1) is 6.92 Å². The first-order valence-electron chi connectivity index (χ1n) is 7.73. The zero-order valence-corrected chi connectivity index (χ0v) is 13.6. The molecule has 0 spiro atoms. The number of rotatable bonds is 3. The van der Waals surface area contributed by atoms with Gasteiger partial charge >= 0.3 is 0 Å². The highest BCUT2D eigenvalue weighted by molar-refractivity contribution is 5.97. The Labute approximate surface area is 140 Å². The lowest BCUT2D eigenvalue weighted by molar-refractivity contribution is -0.127. The molecule has 124 valence electrons. The van der Waals surface area contributed by atoms with Crippen LogP contribution >= 0.6 is 0 Å². The number of nitrogens with one attached hydrogen (secondary N) is 1. The summed E-state index contributed by atoms with van der Waals surface area (Å²) < 4.78 is 0. The van der Waals surface area contributed by atoms with Gasteiger partial charge in [-0.25, -0.2) is 0 Å². The van der Waals surface area contributed by atoms with Gasteiger partial charge in [0.2, 0.25) is 5.91 Å². The minimum absolute atomic E-state index is 0.0261. The molecule has 1 aliphatic rings. The molecule has 0 radical (unpaired) electrons. The number of aromatic hydroxyl groups is 1. The van der Waals surface area contributed by atoms with E-state index < -0.39 is 0 Å². The number of hydrogen-bond acceptors (Lipinski definition) is 4. The number of pyridine rings is 1. The van der Waals surface area contributed by atoms with E-state index in [2.05, 4.69) is 10.3 Å². The van der Waals surface area contributed by atoms with E-state index in [1.807, 2.05) is 12.1 Å². The summed E-state index contributed by atoms with van der Waals surface area (Å²) in [5, 5.41) is 12.5. The lowest BCUT2D eigenvalue weighted by atomic mass is 10.0. The van der Waals surface area contributed by atoms with Crippen LogP contribution < -0.4 is 5.32 Å². The number of carbonyl (C=O) groups excluding carboxylic acids is 2. The fraction of sp³-hybridized carbons (Fsp3) is 0.278. The molecule has 1 aromatic carbocycles. The quantitative estimate of drug-likeness (QED) is 0.901. The molecule has 2 N–H and O–H groups in total. The number of phenols is 1. The van der Waals surface area contributed by atoms with Crippen molar-refractivity contribution >= 4 is 11.8 Å². The number of carbonyl (C=O) groups is 2. The van der Waals surface area contributed by atoms with Crippen LogP contribution in [0.15, 0.2) is 42.7 Å². The molecule has 24 heavy (non-hydrogen) atoms. The largest absolute Gasteiger partial charge is 0.508 e. The zero-order valence-electron chi connectivity index (χ0n) is 13.6. The minimum atomic E-state index is -0.346. The summed E-state index contributed by atoms with van der Waals surface area (Å²) in [7, 11) is 1.73. The molecule has 2 atom stereocenters. The second-order valence-electron chi connectivity index (χ2n) is 6.02. The van der Waals surface area contributed by atoms with Crippen molar-refractivity contribution < 1.29 is 14.7 Å². The maximum Gasteiger partial charge on any atom is 0.251 e. The van der Waals surface area contributed by atoms with E-state index in [-0.39, 0.29) is 36.1 Å². The van der Waals surface area contributed by atoms with Crippen molar-refractivity contribution in [2.45, 2.75) is 25.4 Å². The number of phenolic OH excluding ortho intramolecular Hbond substituents is 1. The van der Waals surface area contributed by atoms with Crippen LogP contribution in [0.2, 0.25) is 0 Å². The summed E-state index contributed by atoms with van der Waals surface area (Å²) in [6, 6.07) is 7.76. The Kier molecular flexibility index (Phi) is 4.20. The highest BCUT2D eigenvalue weighted by Crippen LogP contribution is 2.31. The first-order valence-corrected chi connectivity index (χ1v) is 7.73. The zero-order chi connectivity index (χ0) is 17.3. The smallest absolute Gasteiger partial charge is 0.251 e. The predicted molar refractivity (Wildman–Crippen MR) is 88.5 cm³/mol. The molecule has 2 heterocycles. The molecule has 1 aliphatic heterocycles. The molecule has 6 nitrogen and oxygen atoms in total. The van der Waals surface area contributed by atoms with Crippen LogP contribution in [-0.4, -0.2) is 39.9 Å². The topological polar surface area (TPSA) is 82.5 Å². The van der Waals surface area contributed by atoms with Crippen molar-refractivity contribution in [2.75, 3.05) is 7.05 Å². The third-order valence-electron chi connectivity index (χ3n) is 4.39. The van der Waals surface area contributed by atoms with Crippen LogP contribution in [0.25, 0.3) is 0 Å². The monoisotopic (exact) mass is 325 g/mol. The van der Waals surface area contributed by atoms with Gasteiger partial charge in [0.05, 0.1) is 12.1 Å². The molecule has 1 saturated heterocycles. The highest BCUT2D eigenvalue weighted by atomic mass is 16.3. The molecule has 6 heteroatoms. The van der Waals surface area contributed by atoms with Gasteiger partial charge in [0, 0.05) is 31.4 Å². The summed E-state index contributed by atoms with van der Waals surface area (Å²) in [5.41, 5.74) is 2.05. The van der Waals surface area contributed by atoms with Crippen LogP contribution in [-0.2, 0) is 4.79 Å². The second-order valence-corrected chi connectivity index (χ2v) is 6.02. The normalized spacial score (nSPS) is 20.2. The second kappa shape index (κ2) is 6.31. The first kappa shape index (κ1) is 16.0. The molecule has 0 aliphatic carbocycles. The summed E-state index contributed by atoms with van der Waals surface area (Å²) in [4.78, 5) is 30.5. The third kappa shape index (κ3) is 2.95. The predicted octanol–water partition coefficient (Wildman–Crippen LogP) is 1.80. The van der Waals surface area contributed by atoms with Gasteiger partial charge in [-0.2, -0.15) is 0 Å². The fourth-order valence-corrected chi connectivity index (χ4v) is 3.11. The van der Waals surface area contributed by atoms with E-state index in [1.54, 1.807) is 37.3 Å². The Balaban J connectivity index is 1.86. The maximum absolute atomic E-state index is 12.6. The SMILES string of the molecule is Cc1ccc(O)cc1C(=O)N[C@H]1CC(=O)N(C)[C@@H]1c1cccnc1. The number of hydrogen-bond donors (Lipinski definition) is 2. The molecular formula is C18H19N3O3. The van der Waals surface area contributed by atoms with Crippen molar-refractivity contribution in [2.24, 2.45) is 0 Å². The summed E-state index contributed by atoms with van der Waals surface area (Å²) in [5.74, 6) is -0.290. The van der Waals surface area contributed by atoms with Gasteiger partial charge in [0.1, 0.15) is 5.75 Å². The van der Waals surface area contributed by atoms with Crippen LogP contribution in [0.3, 0.4) is 0 Å². The summed E-state index contributed by atoms with van der Waals surface area (Å²) in [6.45, 7) is 1.80. The van der Waals surface area contributed by atoms with Gasteiger partial charge in [-0.3, -0.25) is 14.6 Å². The lowest BCUT2D eigenvalue weighted by Crippen LogP contribution is -2.39. The summed E-state index contributed by atoms with van der Waals surface area (Å²) >= 11 is 0. The number of aromatic nitrogens is 1. The first-order chi connectivity index (χ1) is 11.5. The van der Waals surface area contributed by atoms with Crippen LogP contribution in [0.4, 0.5) is 0 Å². The number of nitrogens with zero attached hydrogens (tertiary/aromatic N) is 2. The Hall–Kier alpha value is -2.89. The molecule has 2 aromatic rings. The number of amides is 2. The van der Waals surface area contributed by atoms with E-state index in [1.165, 1.54) is 12.1 Å². The van der Waals surface area contributed by atoms with Crippen molar-refractivity contribution in [3.8, 4) is 5.75 Å². The number of likely N-dealkylation sites (tertiary alicyclic amines) is 1. The van der Waals surface area contributed by atoms with E-state index in [9.17, 15) is 14.7 Å². The van der Waals surface area contributed by atoms with Crippen molar-refractivity contribution in [1.82, 2.24) is 15.2 Å². The maximum atomic E-state index is 12.6. The Bertz CT molecular complexity index is 776. The van der Waals surface area contributed by atoms with E-state index in [4.69, 9.17) is 0 Å². The van der Waals surface area contributed by atoms with Crippen LogP contribution in [0.5, 0.6) is 5.75 Å². The van der Waals surface area contributed by atoms with E-state index >= 15 is 0 Å². The molecular weight excluding hydrogens is 306 g/mol. The number of aryl methyl sites for hydroxylation is 1. The molecule has 0 unspecified atom stereocenters. The van der Waals surface area contributed by atoms with Crippen molar-refractivity contribution in [3.05, 3.63) is 59.4 Å². The molecule has 1 aromatic heterocycles. The summed E-state index contributed by atoms with van der Waals surface area (Å²) in [6.07, 6.45) is 3.61. The van der Waals surface area contributed by atoms with Gasteiger partial charge in [-0.1, -0.05) is 12.1 Å². The van der Waals surface area contributed by atoms with Crippen LogP contribution in [0.1, 0.15) is 33.9 Å². The average molecular weight is 325 g/mol. The van der Waals surface area contributed by atoms with Crippen molar-refractivity contribution in [3.63, 3.8) is 0 Å². The molecule has 2 amide bonds. The number of benzene rings is 1. The Morgan fingerprint density at radius 2 is 2.17 bits per heavy atom. The minimum Gasteiger partial charge on any atom is -0.508 e. The van der Waals surface area contributed by atoms with Crippen molar-refractivity contribution in [1.29, 1.82) is 0 Å². The lowest BCUT2D eigenvalue weighted by Gasteiger charge is -2.25. The number of likely N-dealkylation sites (N-methyl/N-ethyl adjacent to an activating group) is 1. The van der Waals surface area contributed by atoms with Gasteiger partial charge in [-0.15, -0.1) is 0 Å². The van der Waals surface area contributed by atoms with E-state index in [0.717, 1.165) is 11.1 Å². The molecule has 1 fully saturated rings. The fourth-order valence-electron chi connectivity index (χ4n) is 3.11. The molecule has 0 saturated carbocycles. The Morgan fingerprint density at radius 1 is 1.38 bits per heavy atom. The van der Waals surface area contributed by atoms with E-state index in [0.29, 0.717) is 5.56 Å². The molecule has 0 bridgehead atoms. The Morgan fingerprint density at radius 3 is 2.88 bits per heavy atom. The van der Waals surface area contributed by atoms with Gasteiger partial charge in [0.25, 0.3) is 5.91 Å². The average Bonchev–Trinajstić information content (AvgIpc) is 2.84. The standard InChI is InChI=1S/C18H19N3O3/c1-11-5-6-13(22)8-14(11)18(24)20-15-9-16(23)21(2)17(15)12-4-3-7-19-10-12/h3-8,10,15,17,22H,9H2,1-2H3,(H,20,24)/t15-,17+/m0/s1. The van der Waals surface area contributed by atoms with Gasteiger partial charge in [0.15, 0.2) is 0 Å². The molecule has 3 rings (SSSR count). The highest BCUT2D eigenvalue weighted by Gasteiger charge is 2.39. The van der Waals surface area contributed by atoms with Gasteiger partial charge in [-0.05, 0) is 36.2 Å². The van der Waals surface area contributed by atoms with Gasteiger partial charge < -0.3 is 15.3 Å². The third-order valence-corrected chi connectivity index (χ3v) is 4.39.